The molecule has 0 amide bonds. The first-order valence-electron chi connectivity index (χ1n) is 22.8. The van der Waals surface area contributed by atoms with Crippen LogP contribution in [0.5, 0.6) is 0 Å². The molecule has 0 radical (unpaired) electrons. The molecule has 14 rings (SSSR count). The SMILES string of the molecule is [C-]#[N+]c1cc(-n2c3ccccc3c3cc(-n4c5ccccc5c5ccccc54)ccc32)ccc1-c1ccc(-n2c3ccccc3c3cc(-n4c5ccccc5c5ccccc54)ccc32)cc1C#N. The fourth-order valence-electron chi connectivity index (χ4n) is 11.1. The molecular formula is C62H36N6. The third-order valence-electron chi connectivity index (χ3n) is 14.0. The van der Waals surface area contributed by atoms with Gasteiger partial charge >= 0.3 is 0 Å². The third kappa shape index (κ3) is 5.31. The van der Waals surface area contributed by atoms with Crippen molar-refractivity contribution in [2.75, 3.05) is 0 Å². The number of nitriles is 1. The third-order valence-corrected chi connectivity index (χ3v) is 14.0. The molecule has 0 unspecified atom stereocenters. The summed E-state index contributed by atoms with van der Waals surface area (Å²) in [5, 5.41) is 20.2. The molecule has 0 atom stereocenters. The predicted molar refractivity (Wildman–Crippen MR) is 280 cm³/mol. The number of nitrogens with zero attached hydrogens (tertiary/aromatic N) is 6. The molecule has 0 bridgehead atoms. The minimum absolute atomic E-state index is 0.481. The van der Waals surface area contributed by atoms with Crippen LogP contribution in [-0.4, -0.2) is 18.3 Å². The molecule has 0 saturated carbocycles. The van der Waals surface area contributed by atoms with Gasteiger partial charge in [-0.1, -0.05) is 121 Å². The van der Waals surface area contributed by atoms with Crippen LogP contribution in [0.15, 0.2) is 218 Å². The summed E-state index contributed by atoms with van der Waals surface area (Å²) < 4.78 is 9.20. The van der Waals surface area contributed by atoms with Gasteiger partial charge in [0.2, 0.25) is 0 Å². The normalized spacial score (nSPS) is 11.8. The number of benzene rings is 10. The lowest BCUT2D eigenvalue weighted by atomic mass is 9.97. The van der Waals surface area contributed by atoms with Gasteiger partial charge < -0.3 is 18.3 Å². The van der Waals surface area contributed by atoms with Gasteiger partial charge in [-0.3, -0.25) is 0 Å². The second-order valence-corrected chi connectivity index (χ2v) is 17.5. The number of hydrogen-bond acceptors (Lipinski definition) is 1. The minimum Gasteiger partial charge on any atom is -0.311 e. The summed E-state index contributed by atoms with van der Waals surface area (Å²) in [6.07, 6.45) is 0. The average molecular weight is 865 g/mol. The van der Waals surface area contributed by atoms with Crippen LogP contribution in [0.1, 0.15) is 5.56 Å². The van der Waals surface area contributed by atoms with Crippen LogP contribution in [0.2, 0.25) is 0 Å². The highest BCUT2D eigenvalue weighted by Crippen LogP contribution is 2.42. The molecule has 6 heteroatoms. The molecule has 14 aromatic rings. The number of hydrogen-bond donors (Lipinski definition) is 0. The Morgan fingerprint density at radius 2 is 0.603 bits per heavy atom. The van der Waals surface area contributed by atoms with Gasteiger partial charge in [0.1, 0.15) is 0 Å². The van der Waals surface area contributed by atoms with Crippen molar-refractivity contribution in [3.63, 3.8) is 0 Å². The topological polar surface area (TPSA) is 47.9 Å². The second kappa shape index (κ2) is 14.4. The van der Waals surface area contributed by atoms with Gasteiger partial charge in [-0.25, -0.2) is 4.85 Å². The van der Waals surface area contributed by atoms with Crippen LogP contribution in [0.4, 0.5) is 5.69 Å². The Hall–Kier alpha value is -9.62. The van der Waals surface area contributed by atoms with Crippen molar-refractivity contribution in [1.29, 1.82) is 5.26 Å². The van der Waals surface area contributed by atoms with E-state index >= 15 is 0 Å². The molecule has 0 fully saturated rings. The Morgan fingerprint density at radius 3 is 0.971 bits per heavy atom. The lowest BCUT2D eigenvalue weighted by molar-refractivity contribution is 1.16. The lowest BCUT2D eigenvalue weighted by Crippen LogP contribution is -1.98. The van der Waals surface area contributed by atoms with Gasteiger partial charge in [0.05, 0.1) is 62.3 Å². The molecule has 68 heavy (non-hydrogen) atoms. The molecule has 10 aromatic carbocycles. The Kier molecular flexibility index (Phi) is 8.01. The summed E-state index contributed by atoms with van der Waals surface area (Å²) in [7, 11) is 0. The van der Waals surface area contributed by atoms with E-state index in [0.717, 1.165) is 88.5 Å². The minimum atomic E-state index is 0.481. The molecule has 6 nitrogen and oxygen atoms in total. The monoisotopic (exact) mass is 864 g/mol. The predicted octanol–water partition coefficient (Wildman–Crippen LogP) is 16.2. The standard InChI is InChI=1S/C62H36N6/c1-64-54-37-43(68-60-25-13-7-19-51(60)53-36-42(29-33-62(53)68)67-57-22-10-4-16-48(57)49-17-5-11-23-58(49)67)27-31-45(54)44-30-26-40(34-39(44)38-63)65-59-24-12-6-18-50(59)52-35-41(28-32-61(52)65)66-55-20-8-2-14-46(55)47-15-3-9-21-56(47)66/h2-37H. The van der Waals surface area contributed by atoms with Gasteiger partial charge in [-0.2, -0.15) is 5.26 Å². The van der Waals surface area contributed by atoms with E-state index in [9.17, 15) is 5.26 Å². The Bertz CT molecular complexity index is 4140. The Labute approximate surface area is 390 Å². The zero-order valence-electron chi connectivity index (χ0n) is 36.5. The maximum atomic E-state index is 10.8. The molecule has 0 spiro atoms. The van der Waals surface area contributed by atoms with E-state index in [1.165, 1.54) is 32.6 Å². The fraction of sp³-hybridized carbons (Fsp3) is 0. The quantitative estimate of drug-likeness (QED) is 0.159. The average Bonchev–Trinajstić information content (AvgIpc) is 4.13. The highest BCUT2D eigenvalue weighted by molar-refractivity contribution is 6.14. The van der Waals surface area contributed by atoms with Gasteiger partial charge in [0.15, 0.2) is 5.69 Å². The van der Waals surface area contributed by atoms with E-state index in [4.69, 9.17) is 6.57 Å². The van der Waals surface area contributed by atoms with Crippen molar-refractivity contribution in [2.45, 2.75) is 0 Å². The van der Waals surface area contributed by atoms with Crippen molar-refractivity contribution >= 4 is 92.9 Å². The zero-order valence-corrected chi connectivity index (χ0v) is 36.5. The summed E-state index contributed by atoms with van der Waals surface area (Å²) >= 11 is 0. The molecule has 0 N–H and O–H groups in total. The van der Waals surface area contributed by atoms with Gasteiger partial charge in [0, 0.05) is 65.8 Å². The van der Waals surface area contributed by atoms with Crippen LogP contribution < -0.4 is 0 Å². The van der Waals surface area contributed by atoms with Crippen molar-refractivity contribution < 1.29 is 0 Å². The molecule has 0 aliphatic carbocycles. The lowest BCUT2D eigenvalue weighted by Gasteiger charge is -2.14. The summed E-state index contributed by atoms with van der Waals surface area (Å²) in [5.74, 6) is 0. The van der Waals surface area contributed by atoms with Crippen molar-refractivity contribution in [3.05, 3.63) is 235 Å². The smallest absolute Gasteiger partial charge is 0.197 e. The molecule has 0 aliphatic rings. The van der Waals surface area contributed by atoms with Crippen LogP contribution in [-0.2, 0) is 0 Å². The van der Waals surface area contributed by atoms with Crippen LogP contribution >= 0.6 is 0 Å². The maximum Gasteiger partial charge on any atom is 0.197 e. The summed E-state index contributed by atoms with van der Waals surface area (Å²) in [6, 6.07) is 79.3. The number of fused-ring (bicyclic) bond motifs is 12. The highest BCUT2D eigenvalue weighted by Gasteiger charge is 2.21. The van der Waals surface area contributed by atoms with Crippen molar-refractivity contribution in [1.82, 2.24) is 18.3 Å². The first-order chi connectivity index (χ1) is 33.7. The second-order valence-electron chi connectivity index (χ2n) is 17.5. The molecular weight excluding hydrogens is 829 g/mol. The molecule has 0 aliphatic heterocycles. The zero-order chi connectivity index (χ0) is 45.0. The first-order valence-corrected chi connectivity index (χ1v) is 22.8. The fourth-order valence-corrected chi connectivity index (χ4v) is 11.1. The van der Waals surface area contributed by atoms with Gasteiger partial charge in [-0.05, 0) is 108 Å². The van der Waals surface area contributed by atoms with E-state index in [1.807, 2.05) is 24.3 Å². The van der Waals surface area contributed by atoms with Crippen LogP contribution in [0.3, 0.4) is 0 Å². The molecule has 4 aromatic heterocycles. The van der Waals surface area contributed by atoms with E-state index in [-0.39, 0.29) is 0 Å². The van der Waals surface area contributed by atoms with Crippen molar-refractivity contribution in [2.24, 2.45) is 0 Å². The summed E-state index contributed by atoms with van der Waals surface area (Å²) in [5.41, 5.74) is 15.2. The van der Waals surface area contributed by atoms with E-state index in [0.29, 0.717) is 11.3 Å². The largest absolute Gasteiger partial charge is 0.311 e. The van der Waals surface area contributed by atoms with Gasteiger partial charge in [0.25, 0.3) is 0 Å². The molecule has 314 valence electrons. The Morgan fingerprint density at radius 1 is 0.309 bits per heavy atom. The highest BCUT2D eigenvalue weighted by atomic mass is 15.0. The van der Waals surface area contributed by atoms with Crippen molar-refractivity contribution in [3.8, 4) is 39.9 Å². The summed E-state index contributed by atoms with van der Waals surface area (Å²) in [6.45, 7) is 8.47. The molecule has 4 heterocycles. The number of para-hydroxylation sites is 6. The summed E-state index contributed by atoms with van der Waals surface area (Å²) in [4.78, 5) is 4.10. The van der Waals surface area contributed by atoms with E-state index < -0.39 is 0 Å². The van der Waals surface area contributed by atoms with E-state index in [2.05, 4.69) is 223 Å². The Balaban J connectivity index is 0.878. The maximum absolute atomic E-state index is 10.8. The number of aromatic nitrogens is 4. The first kappa shape index (κ1) is 37.7. The van der Waals surface area contributed by atoms with Gasteiger partial charge in [-0.15, -0.1) is 0 Å². The molecule has 0 saturated heterocycles. The van der Waals surface area contributed by atoms with Crippen LogP contribution in [0.25, 0.3) is 126 Å². The number of rotatable bonds is 5. The van der Waals surface area contributed by atoms with E-state index in [1.54, 1.807) is 0 Å². The van der Waals surface area contributed by atoms with Crippen LogP contribution in [0, 0.1) is 17.9 Å².